The quantitative estimate of drug-likeness (QED) is 0.474. The van der Waals surface area contributed by atoms with Crippen LogP contribution in [0.2, 0.25) is 0 Å². The van der Waals surface area contributed by atoms with Gasteiger partial charge in [0.15, 0.2) is 17.4 Å². The molecule has 0 amide bonds. The van der Waals surface area contributed by atoms with Crippen molar-refractivity contribution >= 4 is 33.2 Å². The second-order valence-electron chi connectivity index (χ2n) is 1.31. The van der Waals surface area contributed by atoms with Crippen LogP contribution in [-0.4, -0.2) is 33.3 Å². The van der Waals surface area contributed by atoms with E-state index < -0.39 is 15.9 Å². The number of hydrogen-bond donors (Lipinski definition) is 2. The topological polar surface area (TPSA) is 83.8 Å². The molecule has 0 aliphatic carbocycles. The third kappa shape index (κ3) is 8.87. The summed E-state index contributed by atoms with van der Waals surface area (Å²) in [4.78, 5) is 16.1. The largest absolute Gasteiger partial charge is 0.475 e. The zero-order valence-corrected chi connectivity index (χ0v) is 6.67. The Balaban J connectivity index is 0. The molecule has 0 heterocycles. The van der Waals surface area contributed by atoms with Gasteiger partial charge in [0.1, 0.15) is 0 Å². The Morgan fingerprint density at radius 1 is 1.60 bits per heavy atom. The van der Waals surface area contributed by atoms with Crippen LogP contribution in [0.5, 0.6) is 0 Å². The van der Waals surface area contributed by atoms with E-state index in [-0.39, 0.29) is 23.5 Å². The predicted molar refractivity (Wildman–Crippen MR) is 42.6 cm³/mol. The van der Waals surface area contributed by atoms with E-state index >= 15 is 0 Å². The zero-order chi connectivity index (χ0) is 7.49. The minimum atomic E-state index is -4.51. The van der Waals surface area contributed by atoms with Crippen LogP contribution < -0.4 is 0 Å². The van der Waals surface area contributed by atoms with Crippen molar-refractivity contribution in [3.05, 3.63) is 0 Å². The highest BCUT2D eigenvalue weighted by molar-refractivity contribution is 7.57. The van der Waals surface area contributed by atoms with Gasteiger partial charge in [0.25, 0.3) is 0 Å². The van der Waals surface area contributed by atoms with Gasteiger partial charge in [0, 0.05) is 6.16 Å². The van der Waals surface area contributed by atoms with Gasteiger partial charge in [-0.2, -0.15) is 0 Å². The minimum Gasteiger partial charge on any atom is -0.302 e. The van der Waals surface area contributed by atoms with Gasteiger partial charge in [-0.3, -0.25) is 4.57 Å². The van der Waals surface area contributed by atoms with Gasteiger partial charge >= 0.3 is 7.82 Å². The van der Waals surface area contributed by atoms with Crippen molar-refractivity contribution in [3.8, 4) is 0 Å². The third-order valence-electron chi connectivity index (χ3n) is 0.509. The zero-order valence-electron chi connectivity index (χ0n) is 4.77. The molecule has 0 radical (unpaired) electrons. The van der Waals surface area contributed by atoms with E-state index in [9.17, 15) is 9.13 Å². The van der Waals surface area contributed by atoms with Gasteiger partial charge in [-0.25, -0.2) is 8.88 Å². The molecule has 5 nitrogen and oxygen atoms in total. The maximum atomic E-state index is 10.3. The van der Waals surface area contributed by atoms with Crippen molar-refractivity contribution < 1.29 is 23.2 Å². The lowest BCUT2D eigenvalue weighted by molar-refractivity contribution is 0.288. The van der Waals surface area contributed by atoms with Crippen LogP contribution in [-0.2, 0) is 13.4 Å². The first-order chi connectivity index (χ1) is 3.95. The molecular formula is C2H11AlO5P2. The fourth-order valence-electron chi connectivity index (χ4n) is 0.197. The Morgan fingerprint density at radius 3 is 2.10 bits per heavy atom. The SMILES string of the molecule is CC[PH](=O)OP(=O)(O)O.[AlH3]. The second-order valence-corrected chi connectivity index (χ2v) is 4.47. The lowest BCUT2D eigenvalue weighted by Gasteiger charge is -2.00. The molecule has 0 saturated carbocycles. The molecule has 0 saturated heterocycles. The summed E-state index contributed by atoms with van der Waals surface area (Å²) in [6.07, 6.45) is 0.149. The minimum absolute atomic E-state index is 0. The molecule has 0 spiro atoms. The number of rotatable bonds is 3. The molecule has 0 aromatic heterocycles. The summed E-state index contributed by atoms with van der Waals surface area (Å²) in [5, 5.41) is 0. The first-order valence-electron chi connectivity index (χ1n) is 2.23. The maximum Gasteiger partial charge on any atom is 0.475 e. The molecule has 0 aromatic rings. The van der Waals surface area contributed by atoms with Crippen LogP contribution in [0.3, 0.4) is 0 Å². The van der Waals surface area contributed by atoms with Crippen molar-refractivity contribution in [3.63, 3.8) is 0 Å². The summed E-state index contributed by atoms with van der Waals surface area (Å²) in [5.74, 6) is 0. The Bertz CT molecular complexity index is 152. The van der Waals surface area contributed by atoms with E-state index in [1.165, 1.54) is 6.92 Å². The van der Waals surface area contributed by atoms with Gasteiger partial charge in [-0.1, -0.05) is 6.92 Å². The summed E-state index contributed by atoms with van der Waals surface area (Å²) in [6.45, 7) is 1.52. The molecule has 62 valence electrons. The van der Waals surface area contributed by atoms with Crippen LogP contribution in [0, 0.1) is 0 Å². The van der Waals surface area contributed by atoms with Crippen LogP contribution in [0.25, 0.3) is 0 Å². The molecule has 0 fully saturated rings. The molecule has 0 aromatic carbocycles. The van der Waals surface area contributed by atoms with E-state index in [0.717, 1.165) is 0 Å². The molecule has 1 unspecified atom stereocenters. The second kappa shape index (κ2) is 5.51. The Labute approximate surface area is 70.0 Å². The number of hydrogen-bond acceptors (Lipinski definition) is 3. The summed E-state index contributed by atoms with van der Waals surface area (Å²) < 4.78 is 24.0. The summed E-state index contributed by atoms with van der Waals surface area (Å²) in [6, 6.07) is 0. The first kappa shape index (κ1) is 13.5. The van der Waals surface area contributed by atoms with Crippen molar-refractivity contribution in [1.29, 1.82) is 0 Å². The van der Waals surface area contributed by atoms with E-state index in [4.69, 9.17) is 9.79 Å². The van der Waals surface area contributed by atoms with E-state index in [0.29, 0.717) is 0 Å². The number of phosphoric acid groups is 1. The Morgan fingerprint density at radius 2 is 2.00 bits per heavy atom. The van der Waals surface area contributed by atoms with Gasteiger partial charge < -0.3 is 9.79 Å². The average molecular weight is 204 g/mol. The lowest BCUT2D eigenvalue weighted by Crippen LogP contribution is -1.78. The molecule has 0 bridgehead atoms. The van der Waals surface area contributed by atoms with Gasteiger partial charge in [0.05, 0.1) is 0 Å². The first-order valence-corrected chi connectivity index (χ1v) is 5.29. The van der Waals surface area contributed by atoms with E-state index in [1.54, 1.807) is 0 Å². The predicted octanol–water partition coefficient (Wildman–Crippen LogP) is -0.594. The fraction of sp³-hybridized carbons (Fsp3) is 1.00. The standard InChI is InChI=1S/C2H8O5P2.Al.3H/c1-2-8(3)7-9(4,5)6;;;;/h8H,2H2,1H3,(H2,4,5,6);;;;. The highest BCUT2D eigenvalue weighted by atomic mass is 31.2. The molecule has 0 aliphatic rings. The van der Waals surface area contributed by atoms with Crippen LogP contribution in [0.4, 0.5) is 0 Å². The van der Waals surface area contributed by atoms with E-state index in [2.05, 4.69) is 4.31 Å². The molecule has 0 rings (SSSR count). The Kier molecular flexibility index (Phi) is 7.42. The summed E-state index contributed by atoms with van der Waals surface area (Å²) in [7, 11) is -7.01. The normalized spacial score (nSPS) is 13.9. The van der Waals surface area contributed by atoms with Crippen LogP contribution in [0.15, 0.2) is 0 Å². The molecule has 0 aliphatic heterocycles. The monoisotopic (exact) mass is 204 g/mol. The molecule has 10 heavy (non-hydrogen) atoms. The third-order valence-corrected chi connectivity index (χ3v) is 2.85. The van der Waals surface area contributed by atoms with Gasteiger partial charge in [0.2, 0.25) is 8.03 Å². The summed E-state index contributed by atoms with van der Waals surface area (Å²) >= 11 is 0. The smallest absolute Gasteiger partial charge is 0.302 e. The van der Waals surface area contributed by atoms with Crippen molar-refractivity contribution in [1.82, 2.24) is 0 Å². The molecule has 1 atom stereocenters. The Hall–Kier alpha value is 0.872. The van der Waals surface area contributed by atoms with Gasteiger partial charge in [-0.15, -0.1) is 0 Å². The maximum absolute atomic E-state index is 10.3. The highest BCUT2D eigenvalue weighted by Crippen LogP contribution is 2.46. The van der Waals surface area contributed by atoms with Crippen molar-refractivity contribution in [2.45, 2.75) is 6.92 Å². The fourth-order valence-corrected chi connectivity index (χ4v) is 1.77. The van der Waals surface area contributed by atoms with E-state index in [1.807, 2.05) is 0 Å². The molecule has 2 N–H and O–H groups in total. The highest BCUT2D eigenvalue weighted by Gasteiger charge is 2.16. The van der Waals surface area contributed by atoms with Crippen molar-refractivity contribution in [2.24, 2.45) is 0 Å². The molecule has 8 heteroatoms. The average Bonchev–Trinajstić information content (AvgIpc) is 1.62. The molecular weight excluding hydrogens is 193 g/mol. The van der Waals surface area contributed by atoms with Crippen molar-refractivity contribution in [2.75, 3.05) is 6.16 Å². The summed E-state index contributed by atoms with van der Waals surface area (Å²) in [5.41, 5.74) is 0. The van der Waals surface area contributed by atoms with Crippen LogP contribution in [0.1, 0.15) is 6.92 Å². The van der Waals surface area contributed by atoms with Crippen LogP contribution >= 0.6 is 15.9 Å². The van der Waals surface area contributed by atoms with Gasteiger partial charge in [-0.05, 0) is 0 Å². The lowest BCUT2D eigenvalue weighted by atomic mass is 11.0.